The van der Waals surface area contributed by atoms with Gasteiger partial charge in [-0.05, 0) is 23.3 Å². The Hall–Kier alpha value is -0.610. The predicted octanol–water partition coefficient (Wildman–Crippen LogP) is 1.41. The fraction of sp³-hybridized carbons (Fsp3) is 0.933. The molecule has 0 aromatic carbocycles. The molecule has 2 fully saturated rings. The molecule has 2 atom stereocenters. The Morgan fingerprint density at radius 2 is 1.84 bits per heavy atom. The molecule has 2 aliphatic rings. The molecule has 110 valence electrons. The molecule has 1 aliphatic heterocycles. The van der Waals surface area contributed by atoms with E-state index in [1.807, 2.05) is 0 Å². The lowest BCUT2D eigenvalue weighted by molar-refractivity contribution is -0.125. The van der Waals surface area contributed by atoms with Crippen molar-refractivity contribution in [3.63, 3.8) is 0 Å². The fourth-order valence-corrected chi connectivity index (χ4v) is 3.45. The second-order valence-electron chi connectivity index (χ2n) is 7.05. The van der Waals surface area contributed by atoms with Crippen LogP contribution in [0.1, 0.15) is 34.6 Å². The van der Waals surface area contributed by atoms with E-state index < -0.39 is 0 Å². The number of hydrogen-bond acceptors (Lipinski definition) is 3. The van der Waals surface area contributed by atoms with Gasteiger partial charge in [-0.2, -0.15) is 0 Å². The molecule has 2 unspecified atom stereocenters. The summed E-state index contributed by atoms with van der Waals surface area (Å²) >= 11 is 0. The van der Waals surface area contributed by atoms with Gasteiger partial charge in [0.25, 0.3) is 0 Å². The zero-order chi connectivity index (χ0) is 14.3. The molecule has 1 saturated carbocycles. The summed E-state index contributed by atoms with van der Waals surface area (Å²) in [6.45, 7) is 14.0. The Morgan fingerprint density at radius 1 is 1.21 bits per heavy atom. The highest BCUT2D eigenvalue weighted by atomic mass is 16.5. The van der Waals surface area contributed by atoms with Crippen molar-refractivity contribution in [2.45, 2.75) is 40.7 Å². The summed E-state index contributed by atoms with van der Waals surface area (Å²) in [5.74, 6) is 0.677. The summed E-state index contributed by atoms with van der Waals surface area (Å²) in [5, 5.41) is 6.45. The second kappa shape index (κ2) is 5.06. The molecule has 2 N–H and O–H groups in total. The van der Waals surface area contributed by atoms with Crippen LogP contribution in [0.3, 0.4) is 0 Å². The smallest absolute Gasteiger partial charge is 0.227 e. The van der Waals surface area contributed by atoms with Gasteiger partial charge in [0.2, 0.25) is 5.91 Å². The van der Waals surface area contributed by atoms with Crippen molar-refractivity contribution in [2.24, 2.45) is 22.7 Å². The number of likely N-dealkylation sites (N-methyl/N-ethyl adjacent to an activating group) is 1. The number of hydrogen-bond donors (Lipinski definition) is 2. The first kappa shape index (κ1) is 14.8. The average Bonchev–Trinajstić information content (AvgIpc) is 2.71. The van der Waals surface area contributed by atoms with E-state index >= 15 is 0 Å². The molecule has 1 aliphatic carbocycles. The highest BCUT2D eigenvalue weighted by molar-refractivity contribution is 5.80. The van der Waals surface area contributed by atoms with E-state index in [1.54, 1.807) is 0 Å². The summed E-state index contributed by atoms with van der Waals surface area (Å²) < 4.78 is 5.42. The second-order valence-corrected chi connectivity index (χ2v) is 7.05. The van der Waals surface area contributed by atoms with Gasteiger partial charge in [-0.25, -0.2) is 0 Å². The third kappa shape index (κ3) is 2.52. The largest absolute Gasteiger partial charge is 0.379 e. The van der Waals surface area contributed by atoms with Crippen molar-refractivity contribution >= 4 is 5.91 Å². The van der Waals surface area contributed by atoms with Crippen LogP contribution in [0.4, 0.5) is 0 Å². The lowest BCUT2D eigenvalue weighted by Crippen LogP contribution is -2.44. The van der Waals surface area contributed by atoms with Crippen LogP contribution < -0.4 is 10.6 Å². The number of rotatable bonds is 5. The van der Waals surface area contributed by atoms with E-state index in [2.05, 4.69) is 45.3 Å². The molecule has 4 heteroatoms. The molecule has 0 radical (unpaired) electrons. The van der Waals surface area contributed by atoms with E-state index in [0.717, 1.165) is 13.1 Å². The lowest BCUT2D eigenvalue weighted by atomic mass is 10.0. The van der Waals surface area contributed by atoms with Crippen LogP contribution in [0.5, 0.6) is 0 Å². The van der Waals surface area contributed by atoms with Gasteiger partial charge >= 0.3 is 0 Å². The molecule has 0 bridgehead atoms. The SMILES string of the molecule is CCNC1COCC1C(=O)NCC1C(C)(C)C1(C)C. The lowest BCUT2D eigenvalue weighted by Gasteiger charge is -2.18. The minimum Gasteiger partial charge on any atom is -0.379 e. The Balaban J connectivity index is 1.82. The highest BCUT2D eigenvalue weighted by Crippen LogP contribution is 2.67. The van der Waals surface area contributed by atoms with Crippen LogP contribution in [0.2, 0.25) is 0 Å². The van der Waals surface area contributed by atoms with Gasteiger partial charge in [-0.1, -0.05) is 34.6 Å². The molecule has 2 rings (SSSR count). The van der Waals surface area contributed by atoms with Gasteiger partial charge in [0.05, 0.1) is 19.1 Å². The third-order valence-corrected chi connectivity index (χ3v) is 5.68. The Labute approximate surface area is 116 Å². The van der Waals surface area contributed by atoms with Crippen molar-refractivity contribution in [1.82, 2.24) is 10.6 Å². The summed E-state index contributed by atoms with van der Waals surface area (Å²) in [7, 11) is 0. The van der Waals surface area contributed by atoms with E-state index in [4.69, 9.17) is 4.74 Å². The number of nitrogens with one attached hydrogen (secondary N) is 2. The van der Waals surface area contributed by atoms with Crippen LogP contribution in [-0.4, -0.2) is 38.3 Å². The quantitative estimate of drug-likeness (QED) is 0.792. The number of carbonyl (C=O) groups excluding carboxylic acids is 1. The molecule has 0 aromatic heterocycles. The average molecular weight is 268 g/mol. The minimum absolute atomic E-state index is 0.0371. The van der Waals surface area contributed by atoms with E-state index in [-0.39, 0.29) is 17.9 Å². The summed E-state index contributed by atoms with van der Waals surface area (Å²) in [6, 6.07) is 0.172. The molecular formula is C15H28N2O2. The Morgan fingerprint density at radius 3 is 2.37 bits per heavy atom. The van der Waals surface area contributed by atoms with Gasteiger partial charge in [0, 0.05) is 12.6 Å². The fourth-order valence-electron chi connectivity index (χ4n) is 3.45. The maximum absolute atomic E-state index is 12.3. The molecule has 4 nitrogen and oxygen atoms in total. The van der Waals surface area contributed by atoms with Crippen LogP contribution >= 0.6 is 0 Å². The van der Waals surface area contributed by atoms with E-state index in [9.17, 15) is 4.79 Å². The first-order valence-electron chi connectivity index (χ1n) is 7.41. The van der Waals surface area contributed by atoms with Gasteiger partial charge < -0.3 is 15.4 Å². The van der Waals surface area contributed by atoms with Crippen molar-refractivity contribution in [1.29, 1.82) is 0 Å². The van der Waals surface area contributed by atoms with Crippen LogP contribution in [0.15, 0.2) is 0 Å². The third-order valence-electron chi connectivity index (χ3n) is 5.68. The Kier molecular flexibility index (Phi) is 3.94. The molecule has 1 heterocycles. The van der Waals surface area contributed by atoms with Crippen LogP contribution in [0, 0.1) is 22.7 Å². The summed E-state index contributed by atoms with van der Waals surface area (Å²) in [6.07, 6.45) is 0. The van der Waals surface area contributed by atoms with Gasteiger partial charge in [-0.3, -0.25) is 4.79 Å². The van der Waals surface area contributed by atoms with Crippen LogP contribution in [0.25, 0.3) is 0 Å². The highest BCUT2D eigenvalue weighted by Gasteiger charge is 2.64. The summed E-state index contributed by atoms with van der Waals surface area (Å²) in [4.78, 5) is 12.3. The molecule has 0 spiro atoms. The first-order valence-corrected chi connectivity index (χ1v) is 7.41. The maximum Gasteiger partial charge on any atom is 0.227 e. The van der Waals surface area contributed by atoms with Gasteiger partial charge in [0.15, 0.2) is 0 Å². The molecular weight excluding hydrogens is 240 g/mol. The van der Waals surface area contributed by atoms with Crippen molar-refractivity contribution in [2.75, 3.05) is 26.3 Å². The standard InChI is InChI=1S/C15H28N2O2/c1-6-16-11-9-19-8-10(11)13(18)17-7-12-14(2,3)15(12,4)5/h10-12,16H,6-9H2,1-5H3,(H,17,18). The first-order chi connectivity index (χ1) is 8.82. The van der Waals surface area contributed by atoms with Crippen LogP contribution in [-0.2, 0) is 9.53 Å². The monoisotopic (exact) mass is 268 g/mol. The van der Waals surface area contributed by atoms with E-state index in [0.29, 0.717) is 30.0 Å². The zero-order valence-corrected chi connectivity index (χ0v) is 12.9. The minimum atomic E-state index is -0.0371. The summed E-state index contributed by atoms with van der Waals surface area (Å²) in [5.41, 5.74) is 0.654. The predicted molar refractivity (Wildman–Crippen MR) is 75.8 cm³/mol. The number of amides is 1. The molecule has 1 amide bonds. The maximum atomic E-state index is 12.3. The molecule has 1 saturated heterocycles. The Bertz CT molecular complexity index is 338. The topological polar surface area (TPSA) is 50.4 Å². The van der Waals surface area contributed by atoms with Gasteiger partial charge in [-0.15, -0.1) is 0 Å². The van der Waals surface area contributed by atoms with Crippen molar-refractivity contribution < 1.29 is 9.53 Å². The van der Waals surface area contributed by atoms with Crippen molar-refractivity contribution in [3.8, 4) is 0 Å². The van der Waals surface area contributed by atoms with E-state index in [1.165, 1.54) is 0 Å². The van der Waals surface area contributed by atoms with Crippen molar-refractivity contribution in [3.05, 3.63) is 0 Å². The molecule has 0 aromatic rings. The number of carbonyl (C=O) groups is 1. The normalized spacial score (nSPS) is 32.3. The number of ether oxygens (including phenoxy) is 1. The van der Waals surface area contributed by atoms with Gasteiger partial charge in [0.1, 0.15) is 0 Å². The molecule has 19 heavy (non-hydrogen) atoms. The zero-order valence-electron chi connectivity index (χ0n) is 12.9.